The van der Waals surface area contributed by atoms with Crippen molar-refractivity contribution in [3.05, 3.63) is 42.0 Å². The molecule has 0 aromatic heterocycles. The molecule has 0 saturated heterocycles. The van der Waals surface area contributed by atoms with Crippen LogP contribution in [0.3, 0.4) is 0 Å². The van der Waals surface area contributed by atoms with Gasteiger partial charge in [0.2, 0.25) is 0 Å². The van der Waals surface area contributed by atoms with Gasteiger partial charge in [-0.2, -0.15) is 0 Å². The lowest BCUT2D eigenvalue weighted by molar-refractivity contribution is 0.100. The van der Waals surface area contributed by atoms with Crippen molar-refractivity contribution >= 4 is 5.78 Å². The number of carbonyl (C=O) groups excluding carboxylic acids is 1. The maximum Gasteiger partial charge on any atom is 0.176 e. The Balaban J connectivity index is 3.05. The first-order valence-corrected chi connectivity index (χ1v) is 4.35. The number of benzene rings is 1. The first-order chi connectivity index (χ1) is 6.69. The minimum Gasteiger partial charge on any atom is -0.508 e. The van der Waals surface area contributed by atoms with Gasteiger partial charge in [-0.1, -0.05) is 6.08 Å². The number of hydrogen-bond acceptors (Lipinski definition) is 3. The van der Waals surface area contributed by atoms with Gasteiger partial charge in [0.15, 0.2) is 5.78 Å². The van der Waals surface area contributed by atoms with E-state index in [0.29, 0.717) is 17.5 Å². The van der Waals surface area contributed by atoms with E-state index in [0.717, 1.165) is 0 Å². The van der Waals surface area contributed by atoms with E-state index in [1.165, 1.54) is 6.07 Å². The molecule has 0 amide bonds. The monoisotopic (exact) mass is 191 g/mol. The van der Waals surface area contributed by atoms with Crippen LogP contribution >= 0.6 is 0 Å². The van der Waals surface area contributed by atoms with Crippen LogP contribution in [0.4, 0.5) is 0 Å². The summed E-state index contributed by atoms with van der Waals surface area (Å²) in [6.07, 6.45) is 2.21. The van der Waals surface area contributed by atoms with Gasteiger partial charge in [0, 0.05) is 5.56 Å². The van der Waals surface area contributed by atoms with Gasteiger partial charge >= 0.3 is 0 Å². The van der Waals surface area contributed by atoms with Crippen LogP contribution in [-0.2, 0) is 6.42 Å². The van der Waals surface area contributed by atoms with E-state index < -0.39 is 0 Å². The standard InChI is InChI=1S/C11H13NO2/c1-2-3-8-6-9(11(14)7-12)4-5-10(8)13/h2,4-6,13H,1,3,7,12H2. The van der Waals surface area contributed by atoms with Gasteiger partial charge in [0.05, 0.1) is 6.54 Å². The Labute approximate surface area is 82.9 Å². The molecule has 74 valence electrons. The number of hydrogen-bond donors (Lipinski definition) is 2. The quantitative estimate of drug-likeness (QED) is 0.556. The summed E-state index contributed by atoms with van der Waals surface area (Å²) < 4.78 is 0. The fourth-order valence-electron chi connectivity index (χ4n) is 1.20. The molecule has 0 aliphatic heterocycles. The number of nitrogens with two attached hydrogens (primary N) is 1. The minimum absolute atomic E-state index is 0.0156. The highest BCUT2D eigenvalue weighted by Crippen LogP contribution is 2.19. The predicted octanol–water partition coefficient (Wildman–Crippen LogP) is 1.26. The molecule has 1 aromatic carbocycles. The normalized spacial score (nSPS) is 9.79. The molecular weight excluding hydrogens is 178 g/mol. The van der Waals surface area contributed by atoms with Crippen LogP contribution in [0.1, 0.15) is 15.9 Å². The summed E-state index contributed by atoms with van der Waals surface area (Å²) in [5, 5.41) is 9.43. The van der Waals surface area contributed by atoms with Gasteiger partial charge in [-0.25, -0.2) is 0 Å². The van der Waals surface area contributed by atoms with Gasteiger partial charge in [-0.3, -0.25) is 4.79 Å². The Morgan fingerprint density at radius 2 is 2.29 bits per heavy atom. The van der Waals surface area contributed by atoms with Crippen LogP contribution in [0.5, 0.6) is 5.75 Å². The molecule has 14 heavy (non-hydrogen) atoms. The lowest BCUT2D eigenvalue weighted by atomic mass is 10.0. The zero-order chi connectivity index (χ0) is 10.6. The number of Topliss-reactive ketones (excluding diaryl/α,β-unsaturated/α-hetero) is 1. The van der Waals surface area contributed by atoms with E-state index >= 15 is 0 Å². The molecule has 3 nitrogen and oxygen atoms in total. The van der Waals surface area contributed by atoms with Gasteiger partial charge in [-0.05, 0) is 30.2 Å². The highest BCUT2D eigenvalue weighted by molar-refractivity contribution is 5.97. The second-order valence-corrected chi connectivity index (χ2v) is 2.96. The lowest BCUT2D eigenvalue weighted by Crippen LogP contribution is -2.13. The summed E-state index contributed by atoms with van der Waals surface area (Å²) in [5.41, 5.74) is 6.46. The van der Waals surface area contributed by atoms with E-state index in [-0.39, 0.29) is 18.1 Å². The Hall–Kier alpha value is -1.61. The Kier molecular flexibility index (Phi) is 3.42. The number of phenolic OH excluding ortho intramolecular Hbond substituents is 1. The molecule has 0 saturated carbocycles. The summed E-state index contributed by atoms with van der Waals surface area (Å²) in [6.45, 7) is 3.56. The minimum atomic E-state index is -0.129. The Morgan fingerprint density at radius 3 is 2.86 bits per heavy atom. The molecule has 3 heteroatoms. The average molecular weight is 191 g/mol. The van der Waals surface area contributed by atoms with Crippen LogP contribution in [0.25, 0.3) is 0 Å². The number of ketones is 1. The maximum atomic E-state index is 11.2. The summed E-state index contributed by atoms with van der Waals surface area (Å²) in [4.78, 5) is 11.2. The molecule has 0 radical (unpaired) electrons. The van der Waals surface area contributed by atoms with Crippen molar-refractivity contribution in [2.45, 2.75) is 6.42 Å². The largest absolute Gasteiger partial charge is 0.508 e. The fourth-order valence-corrected chi connectivity index (χ4v) is 1.20. The number of aromatic hydroxyl groups is 1. The summed E-state index contributed by atoms with van der Waals surface area (Å²) in [6, 6.07) is 4.71. The second kappa shape index (κ2) is 4.58. The maximum absolute atomic E-state index is 11.2. The van der Waals surface area contributed by atoms with Crippen LogP contribution in [0.15, 0.2) is 30.9 Å². The molecule has 0 aliphatic carbocycles. The van der Waals surface area contributed by atoms with Crippen molar-refractivity contribution in [3.63, 3.8) is 0 Å². The number of phenols is 1. The third-order valence-electron chi connectivity index (χ3n) is 1.95. The SMILES string of the molecule is C=CCc1cc(C(=O)CN)ccc1O. The molecule has 3 N–H and O–H groups in total. The highest BCUT2D eigenvalue weighted by atomic mass is 16.3. The summed E-state index contributed by atoms with van der Waals surface area (Å²) >= 11 is 0. The zero-order valence-corrected chi connectivity index (χ0v) is 7.86. The second-order valence-electron chi connectivity index (χ2n) is 2.96. The molecule has 0 spiro atoms. The Morgan fingerprint density at radius 1 is 1.57 bits per heavy atom. The van der Waals surface area contributed by atoms with Crippen molar-refractivity contribution in [3.8, 4) is 5.75 Å². The van der Waals surface area contributed by atoms with Gasteiger partial charge in [-0.15, -0.1) is 6.58 Å². The lowest BCUT2D eigenvalue weighted by Gasteiger charge is -2.04. The van der Waals surface area contributed by atoms with Crippen LogP contribution in [0, 0.1) is 0 Å². The first kappa shape index (κ1) is 10.5. The highest BCUT2D eigenvalue weighted by Gasteiger charge is 2.06. The Bertz CT molecular complexity index is 358. The number of carbonyl (C=O) groups is 1. The summed E-state index contributed by atoms with van der Waals surface area (Å²) in [7, 11) is 0. The van der Waals surface area contributed by atoms with E-state index in [1.54, 1.807) is 18.2 Å². The third-order valence-corrected chi connectivity index (χ3v) is 1.95. The van der Waals surface area contributed by atoms with Crippen LogP contribution in [-0.4, -0.2) is 17.4 Å². The van der Waals surface area contributed by atoms with Gasteiger partial charge in [0.1, 0.15) is 5.75 Å². The van der Waals surface area contributed by atoms with E-state index in [4.69, 9.17) is 5.73 Å². The van der Waals surface area contributed by atoms with Crippen molar-refractivity contribution < 1.29 is 9.90 Å². The molecular formula is C11H13NO2. The van der Waals surface area contributed by atoms with E-state index in [1.807, 2.05) is 0 Å². The topological polar surface area (TPSA) is 63.3 Å². The molecule has 1 rings (SSSR count). The molecule has 0 unspecified atom stereocenters. The molecule has 0 fully saturated rings. The predicted molar refractivity (Wildman–Crippen MR) is 55.4 cm³/mol. The first-order valence-electron chi connectivity index (χ1n) is 4.35. The van der Waals surface area contributed by atoms with Crippen LogP contribution < -0.4 is 5.73 Å². The van der Waals surface area contributed by atoms with Crippen molar-refractivity contribution in [2.24, 2.45) is 5.73 Å². The molecule has 0 bridgehead atoms. The van der Waals surface area contributed by atoms with Gasteiger partial charge < -0.3 is 10.8 Å². The summed E-state index contributed by atoms with van der Waals surface area (Å²) in [5.74, 6) is 0.0498. The third kappa shape index (κ3) is 2.20. The fraction of sp³-hybridized carbons (Fsp3) is 0.182. The number of rotatable bonds is 4. The smallest absolute Gasteiger partial charge is 0.176 e. The van der Waals surface area contributed by atoms with Crippen LogP contribution in [0.2, 0.25) is 0 Å². The molecule has 0 aliphatic rings. The average Bonchev–Trinajstić information content (AvgIpc) is 2.20. The number of allylic oxidation sites excluding steroid dienone is 1. The van der Waals surface area contributed by atoms with E-state index in [9.17, 15) is 9.90 Å². The van der Waals surface area contributed by atoms with Crippen molar-refractivity contribution in [2.75, 3.05) is 6.54 Å². The molecule has 0 heterocycles. The zero-order valence-electron chi connectivity index (χ0n) is 7.86. The van der Waals surface area contributed by atoms with Gasteiger partial charge in [0.25, 0.3) is 0 Å². The van der Waals surface area contributed by atoms with Crippen molar-refractivity contribution in [1.29, 1.82) is 0 Å². The molecule has 1 aromatic rings. The van der Waals surface area contributed by atoms with Crippen molar-refractivity contribution in [1.82, 2.24) is 0 Å². The van der Waals surface area contributed by atoms with E-state index in [2.05, 4.69) is 6.58 Å². The molecule has 0 atom stereocenters.